The largest absolute Gasteiger partial charge is 0.478 e. The molecule has 0 spiro atoms. The quantitative estimate of drug-likeness (QED) is 0.659. The molecule has 3 aromatic carbocycles. The van der Waals surface area contributed by atoms with E-state index in [1.807, 2.05) is 0 Å². The Kier molecular flexibility index (Phi) is 2.86. The fourth-order valence-corrected chi connectivity index (χ4v) is 2.45. The molecule has 2 nitrogen and oxygen atoms in total. The molecule has 1 N–H and O–H groups in total. The van der Waals surface area contributed by atoms with E-state index in [4.69, 9.17) is 0 Å². The van der Waals surface area contributed by atoms with Gasteiger partial charge in [0.2, 0.25) is 0 Å². The molecular weight excluding hydrogens is 281 g/mol. The molecule has 0 saturated heterocycles. The molecule has 0 heterocycles. The number of alkyl halides is 3. The van der Waals surface area contributed by atoms with Gasteiger partial charge in [0.25, 0.3) is 0 Å². The average molecular weight is 290 g/mol. The Morgan fingerprint density at radius 1 is 0.905 bits per heavy atom. The van der Waals surface area contributed by atoms with Crippen LogP contribution in [0, 0.1) is 0 Å². The van der Waals surface area contributed by atoms with Crippen LogP contribution in [-0.4, -0.2) is 11.1 Å². The second kappa shape index (κ2) is 4.48. The highest BCUT2D eigenvalue weighted by molar-refractivity contribution is 6.15. The van der Waals surface area contributed by atoms with Crippen LogP contribution in [0.3, 0.4) is 0 Å². The van der Waals surface area contributed by atoms with Crippen LogP contribution < -0.4 is 0 Å². The second-order valence-electron chi connectivity index (χ2n) is 4.71. The van der Waals surface area contributed by atoms with Gasteiger partial charge in [-0.1, -0.05) is 30.3 Å². The molecule has 0 aromatic heterocycles. The Balaban J connectivity index is 2.46. The SMILES string of the molecule is O=C(O)c1cc2ccc(C(F)(F)F)cc2c2ccccc12. The van der Waals surface area contributed by atoms with E-state index in [0.717, 1.165) is 12.1 Å². The van der Waals surface area contributed by atoms with Crippen LogP contribution in [0.5, 0.6) is 0 Å². The zero-order chi connectivity index (χ0) is 15.2. The standard InChI is InChI=1S/C16H9F3O2/c17-16(18,19)10-6-5-9-7-14(15(20)21)12-4-2-1-3-11(12)13(9)8-10/h1-8H,(H,20,21). The van der Waals surface area contributed by atoms with Crippen LogP contribution >= 0.6 is 0 Å². The molecule has 0 bridgehead atoms. The molecule has 0 amide bonds. The zero-order valence-electron chi connectivity index (χ0n) is 10.6. The van der Waals surface area contributed by atoms with Crippen molar-refractivity contribution in [3.8, 4) is 0 Å². The molecular formula is C16H9F3O2. The third-order valence-electron chi connectivity index (χ3n) is 3.42. The van der Waals surface area contributed by atoms with E-state index in [0.29, 0.717) is 21.5 Å². The normalized spacial score (nSPS) is 12.0. The Bertz CT molecular complexity index is 866. The highest BCUT2D eigenvalue weighted by Gasteiger charge is 2.30. The van der Waals surface area contributed by atoms with Gasteiger partial charge < -0.3 is 5.11 Å². The molecule has 0 radical (unpaired) electrons. The van der Waals surface area contributed by atoms with Crippen molar-refractivity contribution in [1.29, 1.82) is 0 Å². The fraction of sp³-hybridized carbons (Fsp3) is 0.0625. The van der Waals surface area contributed by atoms with Crippen molar-refractivity contribution in [2.45, 2.75) is 6.18 Å². The van der Waals surface area contributed by atoms with Crippen LogP contribution in [0.25, 0.3) is 21.5 Å². The third kappa shape index (κ3) is 2.20. The fourth-order valence-electron chi connectivity index (χ4n) is 2.45. The number of carboxylic acids is 1. The molecule has 3 rings (SSSR count). The Labute approximate surface area is 117 Å². The van der Waals surface area contributed by atoms with E-state index in [9.17, 15) is 23.1 Å². The first-order valence-electron chi connectivity index (χ1n) is 6.14. The maximum Gasteiger partial charge on any atom is 0.416 e. The van der Waals surface area contributed by atoms with Crippen molar-refractivity contribution in [2.75, 3.05) is 0 Å². The van der Waals surface area contributed by atoms with Crippen LogP contribution in [0.2, 0.25) is 0 Å². The molecule has 0 aliphatic heterocycles. The summed E-state index contributed by atoms with van der Waals surface area (Å²) in [5.74, 6) is -1.10. The van der Waals surface area contributed by atoms with Gasteiger partial charge in [-0.2, -0.15) is 13.2 Å². The predicted molar refractivity (Wildman–Crippen MR) is 73.4 cm³/mol. The maximum atomic E-state index is 12.8. The van der Waals surface area contributed by atoms with Crippen LogP contribution in [0.15, 0.2) is 48.5 Å². The number of aromatic carboxylic acids is 1. The molecule has 0 fully saturated rings. The highest BCUT2D eigenvalue weighted by Crippen LogP contribution is 2.35. The van der Waals surface area contributed by atoms with E-state index in [2.05, 4.69) is 0 Å². The summed E-state index contributed by atoms with van der Waals surface area (Å²) in [6.45, 7) is 0. The van der Waals surface area contributed by atoms with Gasteiger partial charge in [-0.25, -0.2) is 4.79 Å². The first-order chi connectivity index (χ1) is 9.88. The maximum absolute atomic E-state index is 12.8. The van der Waals surface area contributed by atoms with Crippen LogP contribution in [-0.2, 0) is 6.18 Å². The van der Waals surface area contributed by atoms with Gasteiger partial charge in [0.1, 0.15) is 0 Å². The summed E-state index contributed by atoms with van der Waals surface area (Å²) in [6, 6.07) is 11.3. The molecule has 106 valence electrons. The highest BCUT2D eigenvalue weighted by atomic mass is 19.4. The van der Waals surface area contributed by atoms with Crippen molar-refractivity contribution in [1.82, 2.24) is 0 Å². The van der Waals surface area contributed by atoms with Crippen molar-refractivity contribution >= 4 is 27.5 Å². The summed E-state index contributed by atoms with van der Waals surface area (Å²) in [7, 11) is 0. The minimum Gasteiger partial charge on any atom is -0.478 e. The summed E-state index contributed by atoms with van der Waals surface area (Å²) >= 11 is 0. The second-order valence-corrected chi connectivity index (χ2v) is 4.71. The first-order valence-corrected chi connectivity index (χ1v) is 6.14. The molecule has 5 heteroatoms. The molecule has 0 saturated carbocycles. The number of halogens is 3. The molecule has 0 aliphatic rings. The Hall–Kier alpha value is -2.56. The minimum atomic E-state index is -4.43. The van der Waals surface area contributed by atoms with Gasteiger partial charge in [-0.15, -0.1) is 0 Å². The lowest BCUT2D eigenvalue weighted by Gasteiger charge is -2.11. The van der Waals surface area contributed by atoms with E-state index >= 15 is 0 Å². The van der Waals surface area contributed by atoms with Crippen molar-refractivity contribution < 1.29 is 23.1 Å². The molecule has 0 unspecified atom stereocenters. The third-order valence-corrected chi connectivity index (χ3v) is 3.42. The Morgan fingerprint density at radius 3 is 2.19 bits per heavy atom. The monoisotopic (exact) mass is 290 g/mol. The summed E-state index contributed by atoms with van der Waals surface area (Å²) in [6.07, 6.45) is -4.43. The number of benzene rings is 3. The number of carbonyl (C=O) groups is 1. The Morgan fingerprint density at radius 2 is 1.57 bits per heavy atom. The lowest BCUT2D eigenvalue weighted by molar-refractivity contribution is -0.137. The number of fused-ring (bicyclic) bond motifs is 3. The van der Waals surface area contributed by atoms with Crippen LogP contribution in [0.4, 0.5) is 13.2 Å². The van der Waals surface area contributed by atoms with Crippen molar-refractivity contribution in [3.63, 3.8) is 0 Å². The topological polar surface area (TPSA) is 37.3 Å². The van der Waals surface area contributed by atoms with Gasteiger partial charge >= 0.3 is 12.1 Å². The minimum absolute atomic E-state index is 0.0814. The van der Waals surface area contributed by atoms with Crippen LogP contribution in [0.1, 0.15) is 15.9 Å². The summed E-state index contributed by atoms with van der Waals surface area (Å²) in [4.78, 5) is 11.3. The lowest BCUT2D eigenvalue weighted by atomic mass is 9.96. The number of hydrogen-bond acceptors (Lipinski definition) is 1. The van der Waals surface area contributed by atoms with Gasteiger partial charge in [-0.3, -0.25) is 0 Å². The van der Waals surface area contributed by atoms with E-state index in [1.165, 1.54) is 12.1 Å². The zero-order valence-corrected chi connectivity index (χ0v) is 10.6. The summed E-state index contributed by atoms with van der Waals surface area (Å²) in [5, 5.41) is 11.0. The van der Waals surface area contributed by atoms with Crippen molar-refractivity contribution in [3.05, 3.63) is 59.7 Å². The van der Waals surface area contributed by atoms with Gasteiger partial charge in [0, 0.05) is 0 Å². The van der Waals surface area contributed by atoms with E-state index < -0.39 is 17.7 Å². The predicted octanol–water partition coefficient (Wildman–Crippen LogP) is 4.71. The van der Waals surface area contributed by atoms with Crippen molar-refractivity contribution in [2.24, 2.45) is 0 Å². The average Bonchev–Trinajstić information content (AvgIpc) is 2.44. The number of carboxylic acid groups (broad SMARTS) is 1. The number of hydrogen-bond donors (Lipinski definition) is 1. The van der Waals surface area contributed by atoms with Gasteiger partial charge in [-0.05, 0) is 39.7 Å². The molecule has 3 aromatic rings. The molecule has 21 heavy (non-hydrogen) atoms. The van der Waals surface area contributed by atoms with Gasteiger partial charge in [0.05, 0.1) is 11.1 Å². The summed E-state index contributed by atoms with van der Waals surface area (Å²) < 4.78 is 38.5. The number of rotatable bonds is 1. The smallest absolute Gasteiger partial charge is 0.416 e. The van der Waals surface area contributed by atoms with Gasteiger partial charge in [0.15, 0.2) is 0 Å². The lowest BCUT2D eigenvalue weighted by Crippen LogP contribution is -2.04. The van der Waals surface area contributed by atoms with E-state index in [1.54, 1.807) is 24.3 Å². The van der Waals surface area contributed by atoms with E-state index in [-0.39, 0.29) is 5.56 Å². The molecule has 0 aliphatic carbocycles. The first kappa shape index (κ1) is 13.4. The summed E-state index contributed by atoms with van der Waals surface area (Å²) in [5.41, 5.74) is -0.666. The molecule has 0 atom stereocenters.